The molecule has 2 heterocycles. The lowest BCUT2D eigenvalue weighted by atomic mass is 10.2. The summed E-state index contributed by atoms with van der Waals surface area (Å²) in [5.41, 5.74) is 4.95. The molecule has 2 amide bonds. The molecule has 0 radical (unpaired) electrons. The average Bonchev–Trinajstić information content (AvgIpc) is 2.80. The van der Waals surface area contributed by atoms with Crippen LogP contribution in [-0.2, 0) is 0 Å². The Labute approximate surface area is 201 Å². The monoisotopic (exact) mass is 491 g/mol. The lowest BCUT2D eigenvalue weighted by molar-refractivity contribution is 0.252. The van der Waals surface area contributed by atoms with Crippen molar-refractivity contribution < 1.29 is 13.6 Å². The van der Waals surface area contributed by atoms with Crippen LogP contribution >= 0.6 is 0 Å². The number of halogens is 2. The number of aromatic nitrogens is 2. The molecule has 1 aromatic carbocycles. The van der Waals surface area contributed by atoms with Gasteiger partial charge in [0.05, 0.1) is 5.69 Å². The highest BCUT2D eigenvalue weighted by Crippen LogP contribution is 2.19. The van der Waals surface area contributed by atoms with Gasteiger partial charge in [-0.1, -0.05) is 6.42 Å². The van der Waals surface area contributed by atoms with Crippen LogP contribution in [0.3, 0.4) is 0 Å². The molecule has 2 aromatic rings. The van der Waals surface area contributed by atoms with E-state index >= 15 is 0 Å². The Morgan fingerprint density at radius 2 is 1.89 bits per heavy atom. The number of hydrogen-bond acceptors (Lipinski definition) is 6. The Bertz CT molecular complexity index is 1100. The Morgan fingerprint density at radius 1 is 1.14 bits per heavy atom. The fraction of sp³-hybridized carbons (Fsp3) is 0.455. The molecule has 1 aliphatic rings. The van der Waals surface area contributed by atoms with E-state index in [9.17, 15) is 18.4 Å². The van der Waals surface area contributed by atoms with Gasteiger partial charge in [-0.05, 0) is 37.9 Å². The number of benzene rings is 1. The lowest BCUT2D eigenvalue weighted by Gasteiger charge is -2.35. The first-order valence-electron chi connectivity index (χ1n) is 11.4. The van der Waals surface area contributed by atoms with Crippen molar-refractivity contribution in [2.75, 3.05) is 54.8 Å². The van der Waals surface area contributed by atoms with Gasteiger partial charge in [0.2, 0.25) is 5.95 Å². The number of carbonyl (C=O) groups excluding carboxylic acids is 1. The third-order valence-corrected chi connectivity index (χ3v) is 5.69. The molecular weight excluding hydrogens is 460 g/mol. The molecule has 0 unspecified atom stereocenters. The minimum absolute atomic E-state index is 0.00741. The van der Waals surface area contributed by atoms with Gasteiger partial charge in [-0.2, -0.15) is 4.98 Å². The number of carbonyl (C=O) groups is 1. The van der Waals surface area contributed by atoms with Gasteiger partial charge in [0.25, 0.3) is 5.56 Å². The van der Waals surface area contributed by atoms with Gasteiger partial charge in [-0.25, -0.2) is 13.6 Å². The number of anilines is 3. The summed E-state index contributed by atoms with van der Waals surface area (Å²) in [5.74, 6) is -1.55. The molecule has 13 heteroatoms. The van der Waals surface area contributed by atoms with Crippen molar-refractivity contribution in [3.8, 4) is 0 Å². The van der Waals surface area contributed by atoms with Crippen LogP contribution in [0.15, 0.2) is 23.1 Å². The molecular formula is C22H31F2N9O2. The summed E-state index contributed by atoms with van der Waals surface area (Å²) in [6, 6.07) is 0.997. The molecule has 3 rings (SSSR count). The molecule has 0 saturated carbocycles. The van der Waals surface area contributed by atoms with E-state index in [4.69, 9.17) is 11.1 Å². The number of aryl methyl sites for hydroxylation is 1. The third-order valence-electron chi connectivity index (χ3n) is 5.69. The molecule has 0 bridgehead atoms. The van der Waals surface area contributed by atoms with E-state index in [1.54, 1.807) is 0 Å². The topological polar surface area (TPSA) is 155 Å². The van der Waals surface area contributed by atoms with E-state index in [-0.39, 0.29) is 23.2 Å². The third kappa shape index (κ3) is 7.64. The van der Waals surface area contributed by atoms with Crippen LogP contribution in [0.25, 0.3) is 0 Å². The predicted molar refractivity (Wildman–Crippen MR) is 131 cm³/mol. The number of rotatable bonds is 9. The van der Waals surface area contributed by atoms with Gasteiger partial charge in [0.15, 0.2) is 5.96 Å². The molecule has 0 atom stereocenters. The fourth-order valence-corrected chi connectivity index (χ4v) is 3.76. The van der Waals surface area contributed by atoms with Crippen molar-refractivity contribution >= 4 is 29.3 Å². The maximum Gasteiger partial charge on any atom is 0.326 e. The first-order valence-corrected chi connectivity index (χ1v) is 11.4. The lowest BCUT2D eigenvalue weighted by Crippen LogP contribution is -2.48. The van der Waals surface area contributed by atoms with Crippen LogP contribution in [0.5, 0.6) is 0 Å². The smallest absolute Gasteiger partial charge is 0.326 e. The Morgan fingerprint density at radius 3 is 2.57 bits per heavy atom. The summed E-state index contributed by atoms with van der Waals surface area (Å²) < 4.78 is 27.6. The van der Waals surface area contributed by atoms with E-state index < -0.39 is 23.2 Å². The number of aromatic amines is 1. The van der Waals surface area contributed by atoms with Gasteiger partial charge in [0, 0.05) is 45.0 Å². The van der Waals surface area contributed by atoms with Crippen LogP contribution in [0.1, 0.15) is 24.8 Å². The van der Waals surface area contributed by atoms with E-state index in [0.717, 1.165) is 51.0 Å². The Kier molecular flexibility index (Phi) is 8.95. The van der Waals surface area contributed by atoms with Gasteiger partial charge in [-0.15, -0.1) is 0 Å². The van der Waals surface area contributed by atoms with Crippen LogP contribution in [0, 0.1) is 24.0 Å². The number of unbranched alkanes of at least 4 members (excludes halogenated alkanes) is 2. The predicted octanol–water partition coefficient (Wildman–Crippen LogP) is 1.78. The number of hydrogen-bond donors (Lipinski definition) is 6. The maximum absolute atomic E-state index is 13.9. The molecule has 0 aliphatic carbocycles. The number of piperazine rings is 1. The molecule has 0 spiro atoms. The van der Waals surface area contributed by atoms with Crippen molar-refractivity contribution in [3.63, 3.8) is 0 Å². The molecule has 1 fully saturated rings. The van der Waals surface area contributed by atoms with Crippen molar-refractivity contribution in [1.29, 1.82) is 5.41 Å². The van der Waals surface area contributed by atoms with Crippen LogP contribution in [0.4, 0.5) is 30.9 Å². The molecule has 7 N–H and O–H groups in total. The van der Waals surface area contributed by atoms with Crippen LogP contribution in [0.2, 0.25) is 0 Å². The van der Waals surface area contributed by atoms with Gasteiger partial charge < -0.3 is 26.3 Å². The largest absolute Gasteiger partial charge is 0.370 e. The van der Waals surface area contributed by atoms with E-state index in [1.165, 1.54) is 13.1 Å². The second-order valence-corrected chi connectivity index (χ2v) is 8.33. The summed E-state index contributed by atoms with van der Waals surface area (Å²) >= 11 is 0. The van der Waals surface area contributed by atoms with Gasteiger partial charge in [0.1, 0.15) is 17.3 Å². The molecule has 11 nitrogen and oxygen atoms in total. The maximum atomic E-state index is 13.9. The van der Waals surface area contributed by atoms with Gasteiger partial charge >= 0.3 is 6.03 Å². The van der Waals surface area contributed by atoms with E-state index in [1.807, 2.05) is 4.90 Å². The Hall–Kier alpha value is -3.74. The first kappa shape index (κ1) is 25.9. The first-order chi connectivity index (χ1) is 16.7. The quantitative estimate of drug-likeness (QED) is 0.177. The molecule has 1 saturated heterocycles. The van der Waals surface area contributed by atoms with Crippen molar-refractivity contribution in [2.45, 2.75) is 26.2 Å². The summed E-state index contributed by atoms with van der Waals surface area (Å²) in [6.45, 7) is 6.04. The summed E-state index contributed by atoms with van der Waals surface area (Å²) in [5, 5.41) is 14.4. The highest BCUT2D eigenvalue weighted by molar-refractivity contribution is 5.98. The number of guanidine groups is 1. The van der Waals surface area contributed by atoms with Crippen LogP contribution < -0.4 is 32.1 Å². The standard InChI is InChI=1S/C22H31F2N9O2/c1-14-11-16(24)17(12-15(14)23)29-22(35)31-21-28-13-18(19(34)30-21)33-9-7-32(8-10-33)6-4-2-3-5-27-20(25)26/h11-13H,2-10H2,1H3,(H4,25,26,27)(H3,28,29,30,31,34,35). The SMILES string of the molecule is Cc1cc(F)c(NC(=O)Nc2nc(=O)c(N3CCN(CCCCCNC(=N)N)CC3)c[nH]2)cc1F. The zero-order chi connectivity index (χ0) is 25.4. The Balaban J connectivity index is 1.46. The van der Waals surface area contributed by atoms with Crippen molar-refractivity contribution in [2.24, 2.45) is 5.73 Å². The number of nitrogens with two attached hydrogens (primary N) is 1. The molecule has 1 aromatic heterocycles. The number of urea groups is 1. The number of H-pyrrole nitrogens is 1. The normalized spacial score (nSPS) is 14.0. The highest BCUT2D eigenvalue weighted by Gasteiger charge is 2.20. The summed E-state index contributed by atoms with van der Waals surface area (Å²) in [4.78, 5) is 35.5. The number of nitrogens with one attached hydrogen (secondary N) is 5. The van der Waals surface area contributed by atoms with Crippen LogP contribution in [-0.4, -0.2) is 66.1 Å². The minimum Gasteiger partial charge on any atom is -0.370 e. The fourth-order valence-electron chi connectivity index (χ4n) is 3.76. The van der Waals surface area contributed by atoms with E-state index in [0.29, 0.717) is 25.3 Å². The highest BCUT2D eigenvalue weighted by atomic mass is 19.1. The van der Waals surface area contributed by atoms with Crippen molar-refractivity contribution in [1.82, 2.24) is 20.2 Å². The zero-order valence-electron chi connectivity index (χ0n) is 19.6. The molecule has 35 heavy (non-hydrogen) atoms. The summed E-state index contributed by atoms with van der Waals surface area (Å²) in [7, 11) is 0. The summed E-state index contributed by atoms with van der Waals surface area (Å²) in [6.07, 6.45) is 4.52. The number of amides is 2. The molecule has 190 valence electrons. The van der Waals surface area contributed by atoms with E-state index in [2.05, 4.69) is 30.8 Å². The number of nitrogens with zero attached hydrogens (tertiary/aromatic N) is 3. The van der Waals surface area contributed by atoms with Gasteiger partial charge in [-0.3, -0.25) is 20.4 Å². The molecule has 1 aliphatic heterocycles. The minimum atomic E-state index is -0.867. The second-order valence-electron chi connectivity index (χ2n) is 8.33. The second kappa shape index (κ2) is 12.1. The average molecular weight is 492 g/mol. The zero-order valence-corrected chi connectivity index (χ0v) is 19.6. The van der Waals surface area contributed by atoms with Crippen molar-refractivity contribution in [3.05, 3.63) is 45.9 Å².